The molecule has 20 heavy (non-hydrogen) atoms. The summed E-state index contributed by atoms with van der Waals surface area (Å²) in [6.07, 6.45) is 2.71. The second-order valence-corrected chi connectivity index (χ2v) is 5.84. The Hall–Kier alpha value is -1.03. The molecule has 0 radical (unpaired) electrons. The van der Waals surface area contributed by atoms with E-state index in [4.69, 9.17) is 11.6 Å². The third-order valence-corrected chi connectivity index (χ3v) is 4.41. The fraction of sp³-hybridized carbons (Fsp3) is 0.250. The summed E-state index contributed by atoms with van der Waals surface area (Å²) in [6.45, 7) is 0. The van der Waals surface area contributed by atoms with Crippen LogP contribution in [0.4, 0.5) is 4.39 Å². The second-order valence-electron chi connectivity index (χ2n) is 4.55. The number of halogens is 2. The molecule has 1 nitrogen and oxygen atoms in total. The van der Waals surface area contributed by atoms with Gasteiger partial charge in [0, 0.05) is 16.0 Å². The Morgan fingerprint density at radius 2 is 1.90 bits per heavy atom. The van der Waals surface area contributed by atoms with Crippen LogP contribution in [0.2, 0.25) is 5.02 Å². The standard InChI is InChI=1S/C16H17ClFNS/c1-19-16(11-3-6-14(20-2)7-4-11)10-12-9-13(18)5-8-15(12)17/h3-9,16,19H,10H2,1-2H3. The van der Waals surface area contributed by atoms with E-state index in [1.807, 2.05) is 7.05 Å². The zero-order valence-electron chi connectivity index (χ0n) is 11.5. The van der Waals surface area contributed by atoms with Crippen molar-refractivity contribution >= 4 is 23.4 Å². The van der Waals surface area contributed by atoms with Crippen molar-refractivity contribution in [3.05, 3.63) is 64.4 Å². The van der Waals surface area contributed by atoms with Crippen molar-refractivity contribution in [2.24, 2.45) is 0 Å². The van der Waals surface area contributed by atoms with E-state index in [0.29, 0.717) is 11.4 Å². The van der Waals surface area contributed by atoms with Gasteiger partial charge in [0.2, 0.25) is 0 Å². The topological polar surface area (TPSA) is 12.0 Å². The van der Waals surface area contributed by atoms with Gasteiger partial charge in [0.15, 0.2) is 0 Å². The van der Waals surface area contributed by atoms with Gasteiger partial charge in [-0.2, -0.15) is 0 Å². The first kappa shape index (κ1) is 15.4. The smallest absolute Gasteiger partial charge is 0.123 e. The molecule has 0 amide bonds. The van der Waals surface area contributed by atoms with Crippen molar-refractivity contribution in [1.82, 2.24) is 5.32 Å². The Bertz CT molecular complexity index is 571. The highest BCUT2D eigenvalue weighted by molar-refractivity contribution is 7.98. The fourth-order valence-electron chi connectivity index (χ4n) is 2.14. The van der Waals surface area contributed by atoms with Crippen molar-refractivity contribution in [1.29, 1.82) is 0 Å². The van der Waals surface area contributed by atoms with Crippen molar-refractivity contribution in [2.75, 3.05) is 13.3 Å². The quantitative estimate of drug-likeness (QED) is 0.803. The maximum absolute atomic E-state index is 13.3. The zero-order chi connectivity index (χ0) is 14.5. The van der Waals surface area contributed by atoms with E-state index in [9.17, 15) is 4.39 Å². The van der Waals surface area contributed by atoms with Gasteiger partial charge < -0.3 is 5.32 Å². The molecule has 0 spiro atoms. The largest absolute Gasteiger partial charge is 0.313 e. The molecule has 2 aromatic rings. The van der Waals surface area contributed by atoms with Crippen molar-refractivity contribution in [3.8, 4) is 0 Å². The lowest BCUT2D eigenvalue weighted by Gasteiger charge is -2.18. The molecule has 1 unspecified atom stereocenters. The van der Waals surface area contributed by atoms with E-state index in [2.05, 4.69) is 35.8 Å². The molecule has 0 aliphatic rings. The molecule has 1 atom stereocenters. The van der Waals surface area contributed by atoms with Gasteiger partial charge in [-0.15, -0.1) is 11.8 Å². The second kappa shape index (κ2) is 7.11. The van der Waals surface area contributed by atoms with E-state index in [-0.39, 0.29) is 11.9 Å². The normalized spacial score (nSPS) is 12.4. The number of thioether (sulfide) groups is 1. The van der Waals surface area contributed by atoms with Gasteiger partial charge in [0.1, 0.15) is 5.82 Å². The van der Waals surface area contributed by atoms with Crippen LogP contribution in [-0.4, -0.2) is 13.3 Å². The molecule has 4 heteroatoms. The van der Waals surface area contributed by atoms with Crippen LogP contribution in [0.3, 0.4) is 0 Å². The van der Waals surface area contributed by atoms with Crippen molar-refractivity contribution < 1.29 is 4.39 Å². The van der Waals surface area contributed by atoms with Crippen LogP contribution in [0.15, 0.2) is 47.4 Å². The highest BCUT2D eigenvalue weighted by Crippen LogP contribution is 2.25. The monoisotopic (exact) mass is 309 g/mol. The summed E-state index contributed by atoms with van der Waals surface area (Å²) in [5.74, 6) is -0.253. The number of hydrogen-bond acceptors (Lipinski definition) is 2. The van der Waals surface area contributed by atoms with E-state index >= 15 is 0 Å². The molecule has 0 aromatic heterocycles. The van der Waals surface area contributed by atoms with Crippen LogP contribution < -0.4 is 5.32 Å². The molecule has 2 rings (SSSR count). The van der Waals surface area contributed by atoms with Gasteiger partial charge in [-0.3, -0.25) is 0 Å². The van der Waals surface area contributed by atoms with Crippen molar-refractivity contribution in [3.63, 3.8) is 0 Å². The maximum atomic E-state index is 13.3. The third-order valence-electron chi connectivity index (χ3n) is 3.30. The van der Waals surface area contributed by atoms with Gasteiger partial charge in [-0.1, -0.05) is 23.7 Å². The van der Waals surface area contributed by atoms with Crippen LogP contribution in [0.1, 0.15) is 17.2 Å². The molecule has 1 N–H and O–H groups in total. The predicted octanol–water partition coefficient (Wildman–Crippen LogP) is 4.70. The summed E-state index contributed by atoms with van der Waals surface area (Å²) in [4.78, 5) is 1.23. The number of hydrogen-bond donors (Lipinski definition) is 1. The fourth-order valence-corrected chi connectivity index (χ4v) is 2.75. The summed E-state index contributed by atoms with van der Waals surface area (Å²) in [5.41, 5.74) is 1.99. The van der Waals surface area contributed by atoms with Crippen LogP contribution >= 0.6 is 23.4 Å². The first-order chi connectivity index (χ1) is 9.63. The summed E-state index contributed by atoms with van der Waals surface area (Å²) >= 11 is 7.85. The average Bonchev–Trinajstić information content (AvgIpc) is 2.48. The van der Waals surface area contributed by atoms with Crippen LogP contribution in [0.5, 0.6) is 0 Å². The lowest BCUT2D eigenvalue weighted by atomic mass is 9.99. The molecule has 0 aliphatic carbocycles. The van der Waals surface area contributed by atoms with E-state index in [1.54, 1.807) is 17.8 Å². The molecule has 2 aromatic carbocycles. The molecular weight excluding hydrogens is 293 g/mol. The molecule has 106 valence electrons. The summed E-state index contributed by atoms with van der Waals surface area (Å²) in [5, 5.41) is 3.87. The number of likely N-dealkylation sites (N-methyl/N-ethyl adjacent to an activating group) is 1. The highest BCUT2D eigenvalue weighted by atomic mass is 35.5. The van der Waals surface area contributed by atoms with E-state index in [1.165, 1.54) is 22.6 Å². The number of benzene rings is 2. The van der Waals surface area contributed by atoms with Gasteiger partial charge in [-0.25, -0.2) is 4.39 Å². The van der Waals surface area contributed by atoms with Crippen LogP contribution in [0.25, 0.3) is 0 Å². The molecule has 0 bridgehead atoms. The molecular formula is C16H17ClFNS. The van der Waals surface area contributed by atoms with Crippen LogP contribution in [0, 0.1) is 5.82 Å². The summed E-state index contributed by atoms with van der Waals surface area (Å²) in [7, 11) is 1.90. The van der Waals surface area contributed by atoms with Gasteiger partial charge in [-0.05, 0) is 61.2 Å². The Kier molecular flexibility index (Phi) is 5.46. The Labute approximate surface area is 128 Å². The molecule has 0 heterocycles. The first-order valence-corrected chi connectivity index (χ1v) is 7.99. The Morgan fingerprint density at radius 3 is 2.50 bits per heavy atom. The summed E-state index contributed by atoms with van der Waals surface area (Å²) < 4.78 is 13.3. The van der Waals surface area contributed by atoms with E-state index < -0.39 is 0 Å². The predicted molar refractivity (Wildman–Crippen MR) is 85.1 cm³/mol. The number of nitrogens with one attached hydrogen (secondary N) is 1. The highest BCUT2D eigenvalue weighted by Gasteiger charge is 2.13. The molecule has 0 saturated carbocycles. The minimum atomic E-state index is -0.253. The third kappa shape index (κ3) is 3.75. The lowest BCUT2D eigenvalue weighted by molar-refractivity contribution is 0.584. The Morgan fingerprint density at radius 1 is 1.20 bits per heavy atom. The van der Waals surface area contributed by atoms with Gasteiger partial charge in [0.25, 0.3) is 0 Å². The average molecular weight is 310 g/mol. The van der Waals surface area contributed by atoms with Crippen LogP contribution in [-0.2, 0) is 6.42 Å². The summed E-state index contributed by atoms with van der Waals surface area (Å²) in [6, 6.07) is 13.0. The molecule has 0 saturated heterocycles. The molecule has 0 aliphatic heterocycles. The van der Waals surface area contributed by atoms with Gasteiger partial charge >= 0.3 is 0 Å². The number of rotatable bonds is 5. The zero-order valence-corrected chi connectivity index (χ0v) is 13.1. The minimum absolute atomic E-state index is 0.116. The molecule has 0 fully saturated rings. The first-order valence-electron chi connectivity index (χ1n) is 6.39. The van der Waals surface area contributed by atoms with E-state index in [0.717, 1.165) is 5.56 Å². The Balaban J connectivity index is 2.21. The lowest BCUT2D eigenvalue weighted by Crippen LogP contribution is -2.19. The van der Waals surface area contributed by atoms with Crippen molar-refractivity contribution in [2.45, 2.75) is 17.4 Å². The minimum Gasteiger partial charge on any atom is -0.313 e. The maximum Gasteiger partial charge on any atom is 0.123 e. The SMILES string of the molecule is CNC(Cc1cc(F)ccc1Cl)c1ccc(SC)cc1. The van der Waals surface area contributed by atoms with Gasteiger partial charge in [0.05, 0.1) is 0 Å².